The molecule has 1 aliphatic heterocycles. The summed E-state index contributed by atoms with van der Waals surface area (Å²) in [4.78, 5) is 7.84. The topological polar surface area (TPSA) is 49.9 Å². The molecule has 0 atom stereocenters. The summed E-state index contributed by atoms with van der Waals surface area (Å²) >= 11 is 0. The molecule has 0 saturated carbocycles. The van der Waals surface area contributed by atoms with E-state index in [-0.39, 0.29) is 0 Å². The lowest BCUT2D eigenvalue weighted by atomic mass is 10.1. The van der Waals surface area contributed by atoms with Gasteiger partial charge in [-0.25, -0.2) is 4.98 Å². The fraction of sp³-hybridized carbons (Fsp3) is 0.118. The van der Waals surface area contributed by atoms with Crippen LogP contribution in [0.5, 0.6) is 5.75 Å². The van der Waals surface area contributed by atoms with E-state index in [4.69, 9.17) is 4.74 Å². The molecular weight excluding hydrogens is 262 g/mol. The maximum Gasteiger partial charge on any atom is 0.142 e. The minimum absolute atomic E-state index is 0.717. The van der Waals surface area contributed by atoms with Gasteiger partial charge in [-0.1, -0.05) is 30.3 Å². The van der Waals surface area contributed by atoms with Crippen molar-refractivity contribution in [2.45, 2.75) is 0 Å². The van der Waals surface area contributed by atoms with Crippen LogP contribution in [0.2, 0.25) is 0 Å². The Morgan fingerprint density at radius 2 is 1.90 bits per heavy atom. The van der Waals surface area contributed by atoms with Gasteiger partial charge in [0, 0.05) is 17.7 Å². The molecule has 1 aromatic heterocycles. The number of fused-ring (bicyclic) bond motifs is 1. The quantitative estimate of drug-likeness (QED) is 0.753. The van der Waals surface area contributed by atoms with Gasteiger partial charge in [0.2, 0.25) is 0 Å². The number of benzene rings is 2. The van der Waals surface area contributed by atoms with Crippen LogP contribution in [0.25, 0.3) is 22.6 Å². The van der Waals surface area contributed by atoms with Gasteiger partial charge >= 0.3 is 0 Å². The molecule has 4 heteroatoms. The summed E-state index contributed by atoms with van der Waals surface area (Å²) in [5, 5.41) is 3.35. The summed E-state index contributed by atoms with van der Waals surface area (Å²) < 4.78 is 5.60. The molecule has 0 unspecified atom stereocenters. The zero-order valence-electron chi connectivity index (χ0n) is 11.5. The van der Waals surface area contributed by atoms with Crippen molar-refractivity contribution in [3.8, 4) is 28.4 Å². The van der Waals surface area contributed by atoms with E-state index in [1.54, 1.807) is 0 Å². The molecule has 0 spiro atoms. The number of ether oxygens (including phenoxy) is 1. The van der Waals surface area contributed by atoms with E-state index in [0.717, 1.165) is 40.6 Å². The summed E-state index contributed by atoms with van der Waals surface area (Å²) in [6.07, 6.45) is 1.87. The lowest BCUT2D eigenvalue weighted by molar-refractivity contribution is 0.323. The van der Waals surface area contributed by atoms with Crippen molar-refractivity contribution in [1.29, 1.82) is 0 Å². The SMILES string of the molecule is c1ccc(-c2ncc(-c3ccc4c(c3)NCCO4)[nH]2)cc1. The number of nitrogens with zero attached hydrogens (tertiary/aromatic N) is 1. The van der Waals surface area contributed by atoms with Crippen LogP contribution in [0.4, 0.5) is 5.69 Å². The van der Waals surface area contributed by atoms with Gasteiger partial charge in [0.15, 0.2) is 0 Å². The van der Waals surface area contributed by atoms with Crippen LogP contribution >= 0.6 is 0 Å². The van der Waals surface area contributed by atoms with Gasteiger partial charge in [-0.3, -0.25) is 0 Å². The molecule has 0 fully saturated rings. The molecule has 21 heavy (non-hydrogen) atoms. The Labute approximate surface area is 122 Å². The average molecular weight is 277 g/mol. The van der Waals surface area contributed by atoms with E-state index in [9.17, 15) is 0 Å². The van der Waals surface area contributed by atoms with Gasteiger partial charge in [-0.05, 0) is 18.2 Å². The lowest BCUT2D eigenvalue weighted by Crippen LogP contribution is -2.17. The van der Waals surface area contributed by atoms with Gasteiger partial charge in [-0.2, -0.15) is 0 Å². The highest BCUT2D eigenvalue weighted by Gasteiger charge is 2.12. The number of H-pyrrole nitrogens is 1. The van der Waals surface area contributed by atoms with Gasteiger partial charge in [-0.15, -0.1) is 0 Å². The number of imidazole rings is 1. The van der Waals surface area contributed by atoms with Gasteiger partial charge < -0.3 is 15.0 Å². The van der Waals surface area contributed by atoms with Crippen molar-refractivity contribution >= 4 is 5.69 Å². The summed E-state index contributed by atoms with van der Waals surface area (Å²) in [7, 11) is 0. The summed E-state index contributed by atoms with van der Waals surface area (Å²) in [6.45, 7) is 1.56. The minimum atomic E-state index is 0.717. The molecule has 1 aliphatic rings. The standard InChI is InChI=1S/C17H15N3O/c1-2-4-12(5-3-1)17-19-11-15(20-17)13-6-7-16-14(10-13)18-8-9-21-16/h1-7,10-11,18H,8-9H2,(H,19,20). The third-order valence-corrected chi connectivity index (χ3v) is 3.59. The maximum absolute atomic E-state index is 5.60. The number of aromatic nitrogens is 2. The first-order valence-electron chi connectivity index (χ1n) is 7.02. The third kappa shape index (κ3) is 2.25. The Balaban J connectivity index is 1.70. The highest BCUT2D eigenvalue weighted by Crippen LogP contribution is 2.32. The zero-order chi connectivity index (χ0) is 14.1. The second kappa shape index (κ2) is 4.98. The van der Waals surface area contributed by atoms with E-state index in [1.807, 2.05) is 48.7 Å². The van der Waals surface area contributed by atoms with Crippen molar-refractivity contribution in [3.05, 3.63) is 54.7 Å². The molecule has 2 heterocycles. The first kappa shape index (κ1) is 12.0. The Kier molecular flexibility index (Phi) is 2.85. The van der Waals surface area contributed by atoms with Crippen LogP contribution in [-0.4, -0.2) is 23.1 Å². The predicted molar refractivity (Wildman–Crippen MR) is 83.4 cm³/mol. The third-order valence-electron chi connectivity index (χ3n) is 3.59. The lowest BCUT2D eigenvalue weighted by Gasteiger charge is -2.19. The average Bonchev–Trinajstić information content (AvgIpc) is 3.05. The van der Waals surface area contributed by atoms with Crippen LogP contribution in [-0.2, 0) is 0 Å². The van der Waals surface area contributed by atoms with Crippen molar-refractivity contribution in [3.63, 3.8) is 0 Å². The fourth-order valence-electron chi connectivity index (χ4n) is 2.52. The van der Waals surface area contributed by atoms with Crippen molar-refractivity contribution in [2.24, 2.45) is 0 Å². The zero-order valence-corrected chi connectivity index (χ0v) is 11.5. The van der Waals surface area contributed by atoms with Crippen molar-refractivity contribution in [2.75, 3.05) is 18.5 Å². The number of nitrogens with one attached hydrogen (secondary N) is 2. The largest absolute Gasteiger partial charge is 0.490 e. The number of anilines is 1. The Hall–Kier alpha value is -2.75. The van der Waals surface area contributed by atoms with E-state index in [1.165, 1.54) is 0 Å². The van der Waals surface area contributed by atoms with E-state index >= 15 is 0 Å². The number of hydrogen-bond donors (Lipinski definition) is 2. The summed E-state index contributed by atoms with van der Waals surface area (Å²) in [5.41, 5.74) is 4.23. The number of aromatic amines is 1. The molecule has 0 bridgehead atoms. The van der Waals surface area contributed by atoms with Crippen LogP contribution in [0.3, 0.4) is 0 Å². The molecule has 3 aromatic rings. The molecule has 4 rings (SSSR count). The molecule has 0 aliphatic carbocycles. The maximum atomic E-state index is 5.60. The van der Waals surface area contributed by atoms with Gasteiger partial charge in [0.25, 0.3) is 0 Å². The van der Waals surface area contributed by atoms with Crippen LogP contribution in [0, 0.1) is 0 Å². The second-order valence-electron chi connectivity index (χ2n) is 5.00. The van der Waals surface area contributed by atoms with Crippen LogP contribution in [0.15, 0.2) is 54.7 Å². The summed E-state index contributed by atoms with van der Waals surface area (Å²) in [5.74, 6) is 1.79. The smallest absolute Gasteiger partial charge is 0.142 e. The molecular formula is C17H15N3O. The second-order valence-corrected chi connectivity index (χ2v) is 5.00. The van der Waals surface area contributed by atoms with E-state index in [2.05, 4.69) is 21.4 Å². The molecule has 2 aromatic carbocycles. The molecule has 4 nitrogen and oxygen atoms in total. The number of rotatable bonds is 2. The fourth-order valence-corrected chi connectivity index (χ4v) is 2.52. The van der Waals surface area contributed by atoms with E-state index in [0.29, 0.717) is 6.61 Å². The molecule has 0 saturated heterocycles. The Morgan fingerprint density at radius 3 is 2.81 bits per heavy atom. The first-order chi connectivity index (χ1) is 10.4. The monoisotopic (exact) mass is 277 g/mol. The molecule has 0 radical (unpaired) electrons. The van der Waals surface area contributed by atoms with Gasteiger partial charge in [0.1, 0.15) is 18.2 Å². The van der Waals surface area contributed by atoms with E-state index < -0.39 is 0 Å². The molecule has 2 N–H and O–H groups in total. The highest BCUT2D eigenvalue weighted by molar-refractivity contribution is 5.71. The Bertz CT molecular complexity index is 765. The van der Waals surface area contributed by atoms with Gasteiger partial charge in [0.05, 0.1) is 17.6 Å². The first-order valence-corrected chi connectivity index (χ1v) is 7.02. The van der Waals surface area contributed by atoms with Crippen LogP contribution < -0.4 is 10.1 Å². The normalized spacial score (nSPS) is 13.1. The van der Waals surface area contributed by atoms with Crippen LogP contribution in [0.1, 0.15) is 0 Å². The van der Waals surface area contributed by atoms with Crippen molar-refractivity contribution in [1.82, 2.24) is 9.97 Å². The highest BCUT2D eigenvalue weighted by atomic mass is 16.5. The predicted octanol–water partition coefficient (Wildman–Crippen LogP) is 3.55. The number of hydrogen-bond acceptors (Lipinski definition) is 3. The molecule has 0 amide bonds. The minimum Gasteiger partial charge on any atom is -0.490 e. The summed E-state index contributed by atoms with van der Waals surface area (Å²) in [6, 6.07) is 16.3. The molecule has 104 valence electrons. The van der Waals surface area contributed by atoms with Crippen molar-refractivity contribution < 1.29 is 4.74 Å². The Morgan fingerprint density at radius 1 is 1.00 bits per heavy atom.